The Labute approximate surface area is 172 Å². The van der Waals surface area contributed by atoms with Crippen molar-refractivity contribution in [3.63, 3.8) is 0 Å². The van der Waals surface area contributed by atoms with Crippen molar-refractivity contribution in [1.29, 1.82) is 0 Å². The van der Waals surface area contributed by atoms with Crippen molar-refractivity contribution in [2.75, 3.05) is 6.61 Å². The fourth-order valence-corrected chi connectivity index (χ4v) is 2.75. The van der Waals surface area contributed by atoms with Crippen molar-refractivity contribution < 1.29 is 19.6 Å². The number of rotatable bonds is 14. The van der Waals surface area contributed by atoms with Gasteiger partial charge in [-0.3, -0.25) is 0 Å². The molecule has 0 aliphatic rings. The molecule has 1 aromatic carbocycles. The van der Waals surface area contributed by atoms with Crippen LogP contribution in [0.4, 0.5) is 0 Å². The van der Waals surface area contributed by atoms with Gasteiger partial charge in [-0.15, -0.1) is 0 Å². The van der Waals surface area contributed by atoms with Gasteiger partial charge in [-0.25, -0.2) is 4.79 Å². The molecule has 28 heavy (non-hydrogen) atoms. The molecule has 0 unspecified atom stereocenters. The van der Waals surface area contributed by atoms with E-state index in [2.05, 4.69) is 20.4 Å². The van der Waals surface area contributed by atoms with Crippen LogP contribution in [0.3, 0.4) is 0 Å². The standard InChI is InChI=1S/C15H28O2.C8H11BO2/c1-3-5-6-7-8-9-10-11-12-13-14-17-15(16)4-2;1-2-7-3-5-8(6-4-7)9(10)11/h4H,2-3,5-14H2,1H3;3-6,10-11H,2H2,1H3. The maximum Gasteiger partial charge on any atom is 0.488 e. The zero-order valence-electron chi connectivity index (χ0n) is 17.9. The van der Waals surface area contributed by atoms with Crippen LogP contribution in [0.1, 0.15) is 83.6 Å². The Bertz CT molecular complexity index is 500. The maximum atomic E-state index is 10.7. The summed E-state index contributed by atoms with van der Waals surface area (Å²) in [4.78, 5) is 10.7. The van der Waals surface area contributed by atoms with Crippen LogP contribution < -0.4 is 5.46 Å². The molecule has 0 heterocycles. The summed E-state index contributed by atoms with van der Waals surface area (Å²) in [6, 6.07) is 7.25. The molecule has 1 rings (SSSR count). The van der Waals surface area contributed by atoms with E-state index in [1.54, 1.807) is 12.1 Å². The van der Waals surface area contributed by atoms with E-state index >= 15 is 0 Å². The zero-order chi connectivity index (χ0) is 21.0. The van der Waals surface area contributed by atoms with Crippen molar-refractivity contribution in [3.8, 4) is 0 Å². The molecule has 0 amide bonds. The topological polar surface area (TPSA) is 66.8 Å². The summed E-state index contributed by atoms with van der Waals surface area (Å²) in [7, 11) is -1.35. The predicted octanol–water partition coefficient (Wildman–Crippen LogP) is 4.57. The van der Waals surface area contributed by atoms with Gasteiger partial charge in [0.15, 0.2) is 0 Å². The third-order valence-corrected chi connectivity index (χ3v) is 4.59. The summed E-state index contributed by atoms with van der Waals surface area (Å²) in [6.45, 7) is 8.21. The van der Waals surface area contributed by atoms with Crippen LogP contribution in [-0.4, -0.2) is 29.7 Å². The monoisotopic (exact) mass is 390 g/mol. The molecule has 0 atom stereocenters. The van der Waals surface area contributed by atoms with Crippen LogP contribution in [0.2, 0.25) is 0 Å². The number of hydrogen-bond donors (Lipinski definition) is 2. The van der Waals surface area contributed by atoms with Crippen molar-refractivity contribution in [2.45, 2.75) is 84.5 Å². The highest BCUT2D eigenvalue weighted by atomic mass is 16.5. The highest BCUT2D eigenvalue weighted by molar-refractivity contribution is 6.58. The fourth-order valence-electron chi connectivity index (χ4n) is 2.75. The van der Waals surface area contributed by atoms with E-state index in [9.17, 15) is 4.79 Å². The van der Waals surface area contributed by atoms with Gasteiger partial charge < -0.3 is 14.8 Å². The number of hydrogen-bond acceptors (Lipinski definition) is 4. The lowest BCUT2D eigenvalue weighted by Gasteiger charge is -2.03. The van der Waals surface area contributed by atoms with E-state index < -0.39 is 7.12 Å². The van der Waals surface area contributed by atoms with Crippen molar-refractivity contribution in [3.05, 3.63) is 42.5 Å². The molecule has 0 bridgehead atoms. The molecule has 2 N–H and O–H groups in total. The molecule has 5 heteroatoms. The summed E-state index contributed by atoms with van der Waals surface area (Å²) in [5.41, 5.74) is 1.75. The summed E-state index contributed by atoms with van der Waals surface area (Å²) >= 11 is 0. The molecule has 158 valence electrons. The van der Waals surface area contributed by atoms with E-state index in [-0.39, 0.29) is 5.97 Å². The van der Waals surface area contributed by atoms with Crippen LogP contribution in [0, 0.1) is 0 Å². The maximum absolute atomic E-state index is 10.7. The van der Waals surface area contributed by atoms with Gasteiger partial charge in [-0.2, -0.15) is 0 Å². The Balaban J connectivity index is 0.000000567. The minimum atomic E-state index is -1.35. The Morgan fingerprint density at radius 2 is 1.43 bits per heavy atom. The smallest absolute Gasteiger partial charge is 0.463 e. The molecular formula is C23H39BO4. The van der Waals surface area contributed by atoms with E-state index in [0.29, 0.717) is 12.1 Å². The van der Waals surface area contributed by atoms with Gasteiger partial charge in [0, 0.05) is 6.08 Å². The van der Waals surface area contributed by atoms with Gasteiger partial charge >= 0.3 is 13.1 Å². The van der Waals surface area contributed by atoms with E-state index in [1.807, 2.05) is 12.1 Å². The molecule has 4 nitrogen and oxygen atoms in total. The summed E-state index contributed by atoms with van der Waals surface area (Å²) in [5.74, 6) is -0.305. The first-order chi connectivity index (χ1) is 13.5. The molecule has 1 aromatic rings. The van der Waals surface area contributed by atoms with Gasteiger partial charge in [0.2, 0.25) is 0 Å². The number of carbonyl (C=O) groups is 1. The minimum absolute atomic E-state index is 0.305. The highest BCUT2D eigenvalue weighted by Gasteiger charge is 2.08. The van der Waals surface area contributed by atoms with Gasteiger partial charge in [-0.05, 0) is 23.9 Å². The highest BCUT2D eigenvalue weighted by Crippen LogP contribution is 2.10. The van der Waals surface area contributed by atoms with Crippen LogP contribution in [-0.2, 0) is 16.0 Å². The van der Waals surface area contributed by atoms with Gasteiger partial charge in [0.1, 0.15) is 0 Å². The largest absolute Gasteiger partial charge is 0.488 e. The third-order valence-electron chi connectivity index (χ3n) is 4.59. The lowest BCUT2D eigenvalue weighted by atomic mass is 9.80. The molecule has 0 aliphatic heterocycles. The van der Waals surface area contributed by atoms with Crippen LogP contribution in [0.15, 0.2) is 36.9 Å². The number of carbonyl (C=O) groups excluding carboxylic acids is 1. The lowest BCUT2D eigenvalue weighted by Crippen LogP contribution is -2.29. The van der Waals surface area contributed by atoms with Crippen molar-refractivity contribution >= 4 is 18.6 Å². The van der Waals surface area contributed by atoms with Gasteiger partial charge in [-0.1, -0.05) is 102 Å². The average Bonchev–Trinajstić information content (AvgIpc) is 2.72. The third kappa shape index (κ3) is 15.5. The first kappa shape index (κ1) is 26.4. The second kappa shape index (κ2) is 18.8. The molecular weight excluding hydrogens is 351 g/mol. The van der Waals surface area contributed by atoms with Crippen LogP contribution >= 0.6 is 0 Å². The first-order valence-electron chi connectivity index (χ1n) is 10.8. The van der Waals surface area contributed by atoms with E-state index in [4.69, 9.17) is 14.8 Å². The number of ether oxygens (including phenoxy) is 1. The van der Waals surface area contributed by atoms with E-state index in [1.165, 1.54) is 69.4 Å². The van der Waals surface area contributed by atoms with Crippen LogP contribution in [0.5, 0.6) is 0 Å². The SMILES string of the molecule is C=CC(=O)OCCCCCCCCCCCC.CCc1ccc(B(O)O)cc1. The lowest BCUT2D eigenvalue weighted by molar-refractivity contribution is -0.137. The first-order valence-corrected chi connectivity index (χ1v) is 10.8. The van der Waals surface area contributed by atoms with Crippen molar-refractivity contribution in [1.82, 2.24) is 0 Å². The van der Waals surface area contributed by atoms with Crippen LogP contribution in [0.25, 0.3) is 0 Å². The molecule has 0 aromatic heterocycles. The normalized spacial score (nSPS) is 10.0. The number of unbranched alkanes of at least 4 members (excludes halogenated alkanes) is 9. The molecule has 0 radical (unpaired) electrons. The second-order valence-electron chi connectivity index (χ2n) is 7.02. The second-order valence-corrected chi connectivity index (χ2v) is 7.02. The van der Waals surface area contributed by atoms with Crippen molar-refractivity contribution in [2.24, 2.45) is 0 Å². The molecule has 0 saturated carbocycles. The zero-order valence-corrected chi connectivity index (χ0v) is 17.9. The summed E-state index contributed by atoms with van der Waals surface area (Å²) in [6.07, 6.45) is 15.2. The Kier molecular flexibility index (Phi) is 17.7. The number of esters is 1. The average molecular weight is 390 g/mol. The van der Waals surface area contributed by atoms with Gasteiger partial charge in [0.05, 0.1) is 6.61 Å². The van der Waals surface area contributed by atoms with E-state index in [0.717, 1.165) is 12.8 Å². The Morgan fingerprint density at radius 3 is 1.86 bits per heavy atom. The molecule has 0 aliphatic carbocycles. The fraction of sp³-hybridized carbons (Fsp3) is 0.609. The number of benzene rings is 1. The van der Waals surface area contributed by atoms with Gasteiger partial charge in [0.25, 0.3) is 0 Å². The Morgan fingerprint density at radius 1 is 0.929 bits per heavy atom. The minimum Gasteiger partial charge on any atom is -0.463 e. The predicted molar refractivity (Wildman–Crippen MR) is 119 cm³/mol. The Hall–Kier alpha value is -1.59. The quantitative estimate of drug-likeness (QED) is 0.211. The summed E-state index contributed by atoms with van der Waals surface area (Å²) in [5, 5.41) is 17.5. The molecule has 0 saturated heterocycles. The molecule has 0 fully saturated rings. The summed E-state index contributed by atoms with van der Waals surface area (Å²) < 4.78 is 4.91. The number of aryl methyl sites for hydroxylation is 1. The molecule has 0 spiro atoms.